The van der Waals surface area contributed by atoms with Gasteiger partial charge >= 0.3 is 5.69 Å². The van der Waals surface area contributed by atoms with E-state index in [0.717, 1.165) is 31.4 Å². The number of nitro benzene ring substituents is 1. The maximum absolute atomic E-state index is 13.2. The largest absolute Gasteiger partial charge is 0.378 e. The first-order valence-electron chi connectivity index (χ1n) is 6.41. The number of carbonyl (C=O) groups is 1. The van der Waals surface area contributed by atoms with Gasteiger partial charge < -0.3 is 10.1 Å². The van der Waals surface area contributed by atoms with Crippen LogP contribution in [0.3, 0.4) is 0 Å². The third-order valence-corrected chi connectivity index (χ3v) is 3.11. The number of amides is 1. The summed E-state index contributed by atoms with van der Waals surface area (Å²) in [5.74, 6) is -1.22. The van der Waals surface area contributed by atoms with Crippen molar-refractivity contribution in [3.05, 3.63) is 34.1 Å². The smallest absolute Gasteiger partial charge is 0.306 e. The van der Waals surface area contributed by atoms with Gasteiger partial charge in [0.15, 0.2) is 0 Å². The summed E-state index contributed by atoms with van der Waals surface area (Å²) in [5.41, 5.74) is -0.448. The predicted molar refractivity (Wildman–Crippen MR) is 69.9 cm³/mol. The number of hydrogen-bond acceptors (Lipinski definition) is 4. The van der Waals surface area contributed by atoms with E-state index in [9.17, 15) is 19.3 Å². The minimum absolute atomic E-state index is 0.112. The van der Waals surface area contributed by atoms with Crippen LogP contribution in [0, 0.1) is 15.9 Å². The zero-order chi connectivity index (χ0) is 14.5. The van der Waals surface area contributed by atoms with Crippen molar-refractivity contribution in [2.45, 2.75) is 31.8 Å². The van der Waals surface area contributed by atoms with Crippen LogP contribution in [0.2, 0.25) is 0 Å². The highest BCUT2D eigenvalue weighted by molar-refractivity contribution is 5.91. The Kier molecular flexibility index (Phi) is 4.62. The van der Waals surface area contributed by atoms with Crippen molar-refractivity contribution in [2.75, 3.05) is 11.9 Å². The van der Waals surface area contributed by atoms with E-state index in [1.807, 2.05) is 0 Å². The summed E-state index contributed by atoms with van der Waals surface area (Å²) < 4.78 is 18.6. The Morgan fingerprint density at radius 3 is 2.95 bits per heavy atom. The molecule has 0 unspecified atom stereocenters. The first-order valence-corrected chi connectivity index (χ1v) is 6.41. The fourth-order valence-electron chi connectivity index (χ4n) is 2.12. The Hall–Kier alpha value is -2.02. The van der Waals surface area contributed by atoms with Crippen LogP contribution in [0.1, 0.15) is 25.7 Å². The molecule has 7 heteroatoms. The van der Waals surface area contributed by atoms with Gasteiger partial charge in [-0.25, -0.2) is 0 Å². The van der Waals surface area contributed by atoms with Crippen molar-refractivity contribution in [3.63, 3.8) is 0 Å². The summed E-state index contributed by atoms with van der Waals surface area (Å²) in [6.07, 6.45) is 2.95. The van der Waals surface area contributed by atoms with Crippen LogP contribution < -0.4 is 5.32 Å². The maximum atomic E-state index is 13.2. The molecule has 0 saturated carbocycles. The molecule has 0 aliphatic carbocycles. The van der Waals surface area contributed by atoms with Gasteiger partial charge in [0.25, 0.3) is 0 Å². The first-order chi connectivity index (χ1) is 9.56. The van der Waals surface area contributed by atoms with E-state index in [4.69, 9.17) is 4.74 Å². The minimum Gasteiger partial charge on any atom is -0.378 e. The lowest BCUT2D eigenvalue weighted by Crippen LogP contribution is -2.25. The van der Waals surface area contributed by atoms with Gasteiger partial charge in [0.2, 0.25) is 11.7 Å². The van der Waals surface area contributed by atoms with Crippen molar-refractivity contribution in [1.29, 1.82) is 0 Å². The lowest BCUT2D eigenvalue weighted by molar-refractivity contribution is -0.387. The van der Waals surface area contributed by atoms with Gasteiger partial charge in [-0.1, -0.05) is 0 Å². The molecule has 1 fully saturated rings. The van der Waals surface area contributed by atoms with Crippen LogP contribution in [-0.2, 0) is 9.53 Å². The molecule has 0 bridgehead atoms. The summed E-state index contributed by atoms with van der Waals surface area (Å²) in [5, 5.41) is 13.1. The molecule has 108 valence electrons. The molecule has 2 rings (SSSR count). The highest BCUT2D eigenvalue weighted by atomic mass is 19.1. The second-order valence-corrected chi connectivity index (χ2v) is 4.66. The van der Waals surface area contributed by atoms with Crippen molar-refractivity contribution < 1.29 is 18.8 Å². The lowest BCUT2D eigenvalue weighted by Gasteiger charge is -2.21. The van der Waals surface area contributed by atoms with E-state index in [-0.39, 0.29) is 24.1 Å². The molecule has 1 aliphatic rings. The number of nitrogens with one attached hydrogen (secondary N) is 1. The standard InChI is InChI=1S/C13H15FN2O4/c14-11-5-4-9(7-12(11)16(18)19)15-13(17)8-10-3-1-2-6-20-10/h4-5,7,10H,1-3,6,8H2,(H,15,17)/t10-/m1/s1. The molecule has 1 aromatic carbocycles. The Morgan fingerprint density at radius 2 is 2.30 bits per heavy atom. The highest BCUT2D eigenvalue weighted by Crippen LogP contribution is 2.22. The average Bonchev–Trinajstić information content (AvgIpc) is 2.41. The highest BCUT2D eigenvalue weighted by Gasteiger charge is 2.19. The molecule has 1 atom stereocenters. The molecule has 1 N–H and O–H groups in total. The zero-order valence-corrected chi connectivity index (χ0v) is 10.8. The third-order valence-electron chi connectivity index (χ3n) is 3.11. The van der Waals surface area contributed by atoms with E-state index in [1.54, 1.807) is 0 Å². The maximum Gasteiger partial charge on any atom is 0.306 e. The molecule has 1 aliphatic heterocycles. The second kappa shape index (κ2) is 6.42. The van der Waals surface area contributed by atoms with Crippen LogP contribution in [0.15, 0.2) is 18.2 Å². The van der Waals surface area contributed by atoms with E-state index in [2.05, 4.69) is 5.32 Å². The number of anilines is 1. The molecule has 20 heavy (non-hydrogen) atoms. The summed E-state index contributed by atoms with van der Waals surface area (Å²) in [6, 6.07) is 3.27. The lowest BCUT2D eigenvalue weighted by atomic mass is 10.1. The number of carbonyl (C=O) groups excluding carboxylic acids is 1. The number of halogens is 1. The van der Waals surface area contributed by atoms with Crippen LogP contribution in [-0.4, -0.2) is 23.5 Å². The monoisotopic (exact) mass is 282 g/mol. The van der Waals surface area contributed by atoms with Gasteiger partial charge in [0.1, 0.15) is 0 Å². The molecular formula is C13H15FN2O4. The molecule has 6 nitrogen and oxygen atoms in total. The number of nitro groups is 1. The topological polar surface area (TPSA) is 81.5 Å². The Labute approximate surface area is 115 Å². The van der Waals surface area contributed by atoms with E-state index < -0.39 is 16.4 Å². The van der Waals surface area contributed by atoms with Gasteiger partial charge in [0.05, 0.1) is 17.4 Å². The number of ether oxygens (including phenoxy) is 1. The summed E-state index contributed by atoms with van der Waals surface area (Å²) in [4.78, 5) is 21.6. The molecule has 0 spiro atoms. The van der Waals surface area contributed by atoms with Gasteiger partial charge in [-0.3, -0.25) is 14.9 Å². The molecular weight excluding hydrogens is 267 g/mol. The van der Waals surface area contributed by atoms with Crippen molar-refractivity contribution in [1.82, 2.24) is 0 Å². The van der Waals surface area contributed by atoms with Gasteiger partial charge in [-0.05, 0) is 31.4 Å². The van der Waals surface area contributed by atoms with Crippen molar-refractivity contribution in [2.24, 2.45) is 0 Å². The van der Waals surface area contributed by atoms with E-state index >= 15 is 0 Å². The quantitative estimate of drug-likeness (QED) is 0.680. The summed E-state index contributed by atoms with van der Waals surface area (Å²) >= 11 is 0. The molecule has 0 radical (unpaired) electrons. The normalized spacial score (nSPS) is 18.6. The van der Waals surface area contributed by atoms with Crippen LogP contribution >= 0.6 is 0 Å². The predicted octanol–water partition coefficient (Wildman–Crippen LogP) is 2.63. The fraction of sp³-hybridized carbons (Fsp3) is 0.462. The number of nitrogens with zero attached hydrogens (tertiary/aromatic N) is 1. The molecule has 1 heterocycles. The first kappa shape index (κ1) is 14.4. The third kappa shape index (κ3) is 3.74. The Morgan fingerprint density at radius 1 is 1.50 bits per heavy atom. The van der Waals surface area contributed by atoms with Crippen LogP contribution in [0.4, 0.5) is 15.8 Å². The minimum atomic E-state index is -0.927. The zero-order valence-electron chi connectivity index (χ0n) is 10.8. The fourth-order valence-corrected chi connectivity index (χ4v) is 2.12. The summed E-state index contributed by atoms with van der Waals surface area (Å²) in [6.45, 7) is 0.653. The molecule has 0 aromatic heterocycles. The molecule has 1 amide bonds. The van der Waals surface area contributed by atoms with Gasteiger partial charge in [-0.2, -0.15) is 4.39 Å². The average molecular weight is 282 g/mol. The van der Waals surface area contributed by atoms with Crippen molar-refractivity contribution in [3.8, 4) is 0 Å². The molecule has 1 saturated heterocycles. The van der Waals surface area contributed by atoms with E-state index in [1.165, 1.54) is 6.07 Å². The Balaban J connectivity index is 1.96. The second-order valence-electron chi connectivity index (χ2n) is 4.66. The number of benzene rings is 1. The van der Waals surface area contributed by atoms with E-state index in [0.29, 0.717) is 6.61 Å². The van der Waals surface area contributed by atoms with Crippen LogP contribution in [0.25, 0.3) is 0 Å². The van der Waals surface area contributed by atoms with Gasteiger partial charge in [0, 0.05) is 18.4 Å². The van der Waals surface area contributed by atoms with Crippen LogP contribution in [0.5, 0.6) is 0 Å². The number of hydrogen-bond donors (Lipinski definition) is 1. The molecule has 1 aromatic rings. The van der Waals surface area contributed by atoms with Gasteiger partial charge in [-0.15, -0.1) is 0 Å². The SMILES string of the molecule is O=C(C[C@H]1CCCCO1)Nc1ccc(F)c([N+](=O)[O-])c1. The number of rotatable bonds is 4. The van der Waals surface area contributed by atoms with Crippen molar-refractivity contribution >= 4 is 17.3 Å². The summed E-state index contributed by atoms with van der Waals surface area (Å²) in [7, 11) is 0. The Bertz CT molecular complexity index is 515.